The highest BCUT2D eigenvalue weighted by Gasteiger charge is 2.35. The maximum absolute atomic E-state index is 12.5. The second-order valence-electron chi connectivity index (χ2n) is 7.35. The van der Waals surface area contributed by atoms with Gasteiger partial charge >= 0.3 is 6.03 Å². The van der Waals surface area contributed by atoms with Crippen LogP contribution in [-0.4, -0.2) is 59.5 Å². The molecule has 0 unspecified atom stereocenters. The van der Waals surface area contributed by atoms with E-state index >= 15 is 0 Å². The van der Waals surface area contributed by atoms with Gasteiger partial charge in [0.25, 0.3) is 0 Å². The summed E-state index contributed by atoms with van der Waals surface area (Å²) >= 11 is 6.15. The van der Waals surface area contributed by atoms with Gasteiger partial charge in [-0.1, -0.05) is 18.5 Å². The molecule has 2 N–H and O–H groups in total. The number of hydrogen-bond acceptors (Lipinski definition) is 3. The molecular formula is C18H27ClN4O. The van der Waals surface area contributed by atoms with Gasteiger partial charge in [-0.15, -0.1) is 0 Å². The number of likely N-dealkylation sites (tertiary alicyclic amines) is 1. The number of carbonyl (C=O) groups excluding carboxylic acids is 1. The fourth-order valence-electron chi connectivity index (χ4n) is 3.66. The lowest BCUT2D eigenvalue weighted by Crippen LogP contribution is -2.60. The number of nitrogen functional groups attached to an aromatic ring is 1. The largest absolute Gasteiger partial charge is 0.398 e. The molecule has 1 aromatic rings. The quantitative estimate of drug-likeness (QED) is 0.834. The average Bonchev–Trinajstić information content (AvgIpc) is 2.48. The van der Waals surface area contributed by atoms with E-state index in [1.54, 1.807) is 6.07 Å². The molecule has 3 rings (SSSR count). The second-order valence-corrected chi connectivity index (χ2v) is 7.79. The van der Waals surface area contributed by atoms with Crippen LogP contribution in [-0.2, 0) is 6.54 Å². The summed E-state index contributed by atoms with van der Waals surface area (Å²) in [4.78, 5) is 18.9. The number of anilines is 1. The van der Waals surface area contributed by atoms with E-state index in [0.717, 1.165) is 50.5 Å². The number of halogens is 1. The highest BCUT2D eigenvalue weighted by molar-refractivity contribution is 6.31. The number of urea groups is 1. The van der Waals surface area contributed by atoms with Crippen LogP contribution in [0.25, 0.3) is 0 Å². The monoisotopic (exact) mass is 350 g/mol. The third-order valence-corrected chi connectivity index (χ3v) is 5.42. The second kappa shape index (κ2) is 6.81. The number of piperazine rings is 1. The smallest absolute Gasteiger partial charge is 0.320 e. The van der Waals surface area contributed by atoms with E-state index in [1.165, 1.54) is 5.56 Å². The van der Waals surface area contributed by atoms with Gasteiger partial charge in [-0.3, -0.25) is 4.90 Å². The zero-order chi connectivity index (χ0) is 17.4. The van der Waals surface area contributed by atoms with Crippen molar-refractivity contribution in [3.8, 4) is 0 Å². The molecule has 0 radical (unpaired) electrons. The molecule has 0 saturated carbocycles. The van der Waals surface area contributed by atoms with Crippen molar-refractivity contribution in [1.29, 1.82) is 0 Å². The molecule has 6 heteroatoms. The minimum absolute atomic E-state index is 0.198. The van der Waals surface area contributed by atoms with Gasteiger partial charge in [-0.05, 0) is 43.0 Å². The summed E-state index contributed by atoms with van der Waals surface area (Å²) in [5.41, 5.74) is 9.03. The maximum Gasteiger partial charge on any atom is 0.320 e. The zero-order valence-electron chi connectivity index (χ0n) is 14.8. The Hall–Kier alpha value is -1.46. The van der Waals surface area contributed by atoms with Crippen molar-refractivity contribution in [2.75, 3.05) is 38.5 Å². The molecule has 0 bridgehead atoms. The van der Waals surface area contributed by atoms with Gasteiger partial charge in [0.15, 0.2) is 0 Å². The Morgan fingerprint density at radius 2 is 1.96 bits per heavy atom. The highest BCUT2D eigenvalue weighted by atomic mass is 35.5. The number of nitrogens with two attached hydrogens (primary N) is 1. The van der Waals surface area contributed by atoms with E-state index in [-0.39, 0.29) is 12.1 Å². The van der Waals surface area contributed by atoms with Gasteiger partial charge in [-0.25, -0.2) is 4.79 Å². The van der Waals surface area contributed by atoms with Crippen molar-refractivity contribution >= 4 is 23.3 Å². The van der Waals surface area contributed by atoms with Gasteiger partial charge in [0.1, 0.15) is 0 Å². The summed E-state index contributed by atoms with van der Waals surface area (Å²) in [6.45, 7) is 11.5. The van der Waals surface area contributed by atoms with E-state index < -0.39 is 0 Å². The number of benzene rings is 1. The third-order valence-electron chi connectivity index (χ3n) is 5.21. The van der Waals surface area contributed by atoms with Crippen molar-refractivity contribution in [1.82, 2.24) is 14.7 Å². The van der Waals surface area contributed by atoms with E-state index in [9.17, 15) is 4.79 Å². The topological polar surface area (TPSA) is 52.8 Å². The van der Waals surface area contributed by atoms with E-state index in [4.69, 9.17) is 17.3 Å². The molecule has 2 aliphatic rings. The summed E-state index contributed by atoms with van der Waals surface area (Å²) in [6.07, 6.45) is 0. The van der Waals surface area contributed by atoms with Gasteiger partial charge in [-0.2, -0.15) is 0 Å². The number of nitrogens with zero attached hydrogens (tertiary/aromatic N) is 3. The minimum atomic E-state index is 0.198. The number of rotatable bonds is 2. The van der Waals surface area contributed by atoms with Crippen LogP contribution < -0.4 is 5.73 Å². The van der Waals surface area contributed by atoms with Crippen LogP contribution in [0.2, 0.25) is 5.02 Å². The van der Waals surface area contributed by atoms with Gasteiger partial charge in [0.05, 0.1) is 0 Å². The standard InChI is InChI=1S/C18H27ClN4O/c1-12-8-22(9-12)18(24)23-5-4-21(10-13(23)2)11-15-6-16(19)7-17(20)14(15)3/h6-7,12-13H,4-5,8-11,20H2,1-3H3/t13-/m0/s1. The molecular weight excluding hydrogens is 324 g/mol. The maximum atomic E-state index is 12.5. The number of hydrogen-bond donors (Lipinski definition) is 1. The molecule has 2 aliphatic heterocycles. The Balaban J connectivity index is 1.61. The van der Waals surface area contributed by atoms with Gasteiger partial charge < -0.3 is 15.5 Å². The Morgan fingerprint density at radius 3 is 2.58 bits per heavy atom. The first-order chi connectivity index (χ1) is 11.3. The van der Waals surface area contributed by atoms with Crippen molar-refractivity contribution < 1.29 is 4.79 Å². The Morgan fingerprint density at radius 1 is 1.25 bits per heavy atom. The summed E-state index contributed by atoms with van der Waals surface area (Å²) < 4.78 is 0. The molecule has 0 spiro atoms. The molecule has 24 heavy (non-hydrogen) atoms. The van der Waals surface area contributed by atoms with Gasteiger partial charge in [0.2, 0.25) is 0 Å². The molecule has 2 heterocycles. The lowest BCUT2D eigenvalue weighted by Gasteiger charge is -2.46. The van der Waals surface area contributed by atoms with Crippen LogP contribution in [0.4, 0.5) is 10.5 Å². The molecule has 5 nitrogen and oxygen atoms in total. The summed E-state index contributed by atoms with van der Waals surface area (Å²) in [5, 5.41) is 0.682. The fraction of sp³-hybridized carbons (Fsp3) is 0.611. The van der Waals surface area contributed by atoms with Crippen LogP contribution in [0.15, 0.2) is 12.1 Å². The molecule has 2 fully saturated rings. The third kappa shape index (κ3) is 3.47. The predicted molar refractivity (Wildman–Crippen MR) is 98.2 cm³/mol. The van der Waals surface area contributed by atoms with E-state index in [0.29, 0.717) is 10.9 Å². The highest BCUT2D eigenvalue weighted by Crippen LogP contribution is 2.25. The SMILES string of the molecule is Cc1c(N)cc(Cl)cc1CN1CCN(C(=O)N2CC(C)C2)[C@@H](C)C1. The Bertz CT molecular complexity index is 630. The predicted octanol–water partition coefficient (Wildman–Crippen LogP) is 2.81. The Kier molecular flexibility index (Phi) is 4.92. The molecule has 1 atom stereocenters. The molecule has 0 aliphatic carbocycles. The number of carbonyl (C=O) groups is 1. The summed E-state index contributed by atoms with van der Waals surface area (Å²) in [7, 11) is 0. The first-order valence-corrected chi connectivity index (χ1v) is 9.05. The zero-order valence-corrected chi connectivity index (χ0v) is 15.5. The van der Waals surface area contributed by atoms with Crippen LogP contribution in [0.3, 0.4) is 0 Å². The lowest BCUT2D eigenvalue weighted by atomic mass is 10.0. The van der Waals surface area contributed by atoms with Crippen molar-refractivity contribution in [3.63, 3.8) is 0 Å². The van der Waals surface area contributed by atoms with Crippen molar-refractivity contribution in [2.45, 2.75) is 33.4 Å². The van der Waals surface area contributed by atoms with Crippen LogP contribution in [0.1, 0.15) is 25.0 Å². The van der Waals surface area contributed by atoms with Crippen LogP contribution in [0.5, 0.6) is 0 Å². The Labute approximate surface area is 149 Å². The van der Waals surface area contributed by atoms with Crippen molar-refractivity contribution in [3.05, 3.63) is 28.3 Å². The normalized spacial score (nSPS) is 22.6. The summed E-state index contributed by atoms with van der Waals surface area (Å²) in [5.74, 6) is 0.641. The first kappa shape index (κ1) is 17.4. The number of amides is 2. The van der Waals surface area contributed by atoms with E-state index in [1.807, 2.05) is 22.8 Å². The molecule has 2 saturated heterocycles. The average molecular weight is 351 g/mol. The lowest BCUT2D eigenvalue weighted by molar-refractivity contribution is 0.0525. The minimum Gasteiger partial charge on any atom is -0.398 e. The van der Waals surface area contributed by atoms with Crippen LogP contribution >= 0.6 is 11.6 Å². The van der Waals surface area contributed by atoms with E-state index in [2.05, 4.69) is 18.7 Å². The summed E-state index contributed by atoms with van der Waals surface area (Å²) in [6, 6.07) is 4.22. The molecule has 132 valence electrons. The fourth-order valence-corrected chi connectivity index (χ4v) is 3.91. The van der Waals surface area contributed by atoms with Crippen LogP contribution in [0, 0.1) is 12.8 Å². The molecule has 0 aromatic heterocycles. The first-order valence-electron chi connectivity index (χ1n) is 8.67. The van der Waals surface area contributed by atoms with Crippen molar-refractivity contribution in [2.24, 2.45) is 5.92 Å². The molecule has 2 amide bonds. The molecule has 1 aromatic carbocycles. The van der Waals surface area contributed by atoms with Gasteiger partial charge in [0, 0.05) is 56.0 Å².